The molecule has 5 heteroatoms. The van der Waals surface area contributed by atoms with Crippen molar-refractivity contribution in [2.24, 2.45) is 5.73 Å². The molecule has 1 unspecified atom stereocenters. The lowest BCUT2D eigenvalue weighted by molar-refractivity contribution is 0.459. The van der Waals surface area contributed by atoms with Crippen LogP contribution in [0.15, 0.2) is 71.4 Å². The Kier molecular flexibility index (Phi) is 3.99. The van der Waals surface area contributed by atoms with E-state index in [4.69, 9.17) is 10.3 Å². The van der Waals surface area contributed by atoms with E-state index in [1.54, 1.807) is 12.3 Å². The summed E-state index contributed by atoms with van der Waals surface area (Å²) in [5, 5.41) is 5.14. The van der Waals surface area contributed by atoms with Crippen LogP contribution in [-0.2, 0) is 6.42 Å². The Morgan fingerprint density at radius 1 is 1.00 bits per heavy atom. The SMILES string of the molecule is NC(Cc1ncccc1F)c1ccccc1-c1noc2ccccc12. The normalized spacial score (nSPS) is 12.4. The molecule has 0 aliphatic heterocycles. The monoisotopic (exact) mass is 333 g/mol. The zero-order chi connectivity index (χ0) is 17.2. The molecule has 0 fully saturated rings. The molecule has 1 atom stereocenters. The van der Waals surface area contributed by atoms with E-state index < -0.39 is 6.04 Å². The predicted molar refractivity (Wildman–Crippen MR) is 94.3 cm³/mol. The van der Waals surface area contributed by atoms with Gasteiger partial charge in [-0.1, -0.05) is 41.6 Å². The predicted octanol–water partition coefficient (Wildman–Crippen LogP) is 4.27. The first kappa shape index (κ1) is 15.5. The third-order valence-corrected chi connectivity index (χ3v) is 4.24. The molecule has 0 radical (unpaired) electrons. The molecular formula is C20H16FN3O. The van der Waals surface area contributed by atoms with E-state index in [-0.39, 0.29) is 5.82 Å². The zero-order valence-electron chi connectivity index (χ0n) is 13.4. The molecular weight excluding hydrogens is 317 g/mol. The fourth-order valence-electron chi connectivity index (χ4n) is 3.00. The molecule has 0 aliphatic carbocycles. The zero-order valence-corrected chi connectivity index (χ0v) is 13.4. The van der Waals surface area contributed by atoms with E-state index in [1.807, 2.05) is 48.5 Å². The van der Waals surface area contributed by atoms with Crippen molar-refractivity contribution in [2.75, 3.05) is 0 Å². The molecule has 0 saturated heterocycles. The van der Waals surface area contributed by atoms with Crippen LogP contribution in [-0.4, -0.2) is 10.1 Å². The number of hydrogen-bond acceptors (Lipinski definition) is 4. The highest BCUT2D eigenvalue weighted by atomic mass is 19.1. The van der Waals surface area contributed by atoms with Gasteiger partial charge in [0.15, 0.2) is 5.58 Å². The van der Waals surface area contributed by atoms with Gasteiger partial charge in [-0.15, -0.1) is 0 Å². The van der Waals surface area contributed by atoms with Crippen molar-refractivity contribution in [3.63, 3.8) is 0 Å². The lowest BCUT2D eigenvalue weighted by Gasteiger charge is -2.15. The molecule has 2 aromatic heterocycles. The minimum Gasteiger partial charge on any atom is -0.356 e. The first-order chi connectivity index (χ1) is 12.2. The second kappa shape index (κ2) is 6.45. The number of nitrogens with zero attached hydrogens (tertiary/aromatic N) is 2. The minimum absolute atomic E-state index is 0.305. The molecule has 0 spiro atoms. The highest BCUT2D eigenvalue weighted by Gasteiger charge is 2.18. The van der Waals surface area contributed by atoms with Gasteiger partial charge in [-0.25, -0.2) is 4.39 Å². The Morgan fingerprint density at radius 2 is 1.80 bits per heavy atom. The van der Waals surface area contributed by atoms with Crippen molar-refractivity contribution in [1.29, 1.82) is 0 Å². The Labute approximate surface area is 144 Å². The number of nitrogens with two attached hydrogens (primary N) is 1. The Morgan fingerprint density at radius 3 is 2.68 bits per heavy atom. The fraction of sp³-hybridized carbons (Fsp3) is 0.100. The van der Waals surface area contributed by atoms with Gasteiger partial charge < -0.3 is 10.3 Å². The number of halogens is 1. The second-order valence-electron chi connectivity index (χ2n) is 5.86. The van der Waals surface area contributed by atoms with Crippen molar-refractivity contribution in [2.45, 2.75) is 12.5 Å². The van der Waals surface area contributed by atoms with Crippen molar-refractivity contribution < 1.29 is 8.91 Å². The summed E-state index contributed by atoms with van der Waals surface area (Å²) in [6.07, 6.45) is 1.88. The summed E-state index contributed by atoms with van der Waals surface area (Å²) in [6, 6.07) is 18.0. The summed E-state index contributed by atoms with van der Waals surface area (Å²) in [4.78, 5) is 4.10. The molecule has 124 valence electrons. The van der Waals surface area contributed by atoms with Gasteiger partial charge in [0.25, 0.3) is 0 Å². The lowest BCUT2D eigenvalue weighted by atomic mass is 9.94. The van der Waals surface area contributed by atoms with Crippen molar-refractivity contribution in [3.05, 3.63) is 83.9 Å². The third kappa shape index (κ3) is 2.90. The van der Waals surface area contributed by atoms with Crippen molar-refractivity contribution in [3.8, 4) is 11.3 Å². The van der Waals surface area contributed by atoms with Crippen molar-refractivity contribution in [1.82, 2.24) is 10.1 Å². The summed E-state index contributed by atoms with van der Waals surface area (Å²) in [5.74, 6) is -0.345. The van der Waals surface area contributed by atoms with Crippen molar-refractivity contribution >= 4 is 11.0 Å². The summed E-state index contributed by atoms with van der Waals surface area (Å²) >= 11 is 0. The first-order valence-corrected chi connectivity index (χ1v) is 8.02. The van der Waals surface area contributed by atoms with E-state index in [9.17, 15) is 4.39 Å². The summed E-state index contributed by atoms with van der Waals surface area (Å²) < 4.78 is 19.3. The number of pyridine rings is 1. The molecule has 4 rings (SSSR count). The number of aromatic nitrogens is 2. The van der Waals surface area contributed by atoms with Crippen LogP contribution in [0.3, 0.4) is 0 Å². The Hall–Kier alpha value is -3.05. The quantitative estimate of drug-likeness (QED) is 0.606. The van der Waals surface area contributed by atoms with Gasteiger partial charge >= 0.3 is 0 Å². The van der Waals surface area contributed by atoms with Crippen LogP contribution in [0.25, 0.3) is 22.2 Å². The molecule has 0 saturated carbocycles. The van der Waals surface area contributed by atoms with E-state index in [0.717, 1.165) is 27.8 Å². The molecule has 4 nitrogen and oxygen atoms in total. The van der Waals surface area contributed by atoms with E-state index in [0.29, 0.717) is 12.1 Å². The molecule has 0 aliphatic rings. The molecule has 2 aromatic carbocycles. The lowest BCUT2D eigenvalue weighted by Crippen LogP contribution is -2.16. The van der Waals surface area contributed by atoms with Gasteiger partial charge in [0, 0.05) is 29.6 Å². The summed E-state index contributed by atoms with van der Waals surface area (Å²) in [6.45, 7) is 0. The Bertz CT molecular complexity index is 1030. The largest absolute Gasteiger partial charge is 0.356 e. The van der Waals surface area contributed by atoms with Gasteiger partial charge in [-0.3, -0.25) is 4.98 Å². The van der Waals surface area contributed by atoms with Crippen LogP contribution in [0, 0.1) is 5.82 Å². The summed E-state index contributed by atoms with van der Waals surface area (Å²) in [7, 11) is 0. The maximum Gasteiger partial charge on any atom is 0.167 e. The van der Waals surface area contributed by atoms with Crippen LogP contribution in [0.2, 0.25) is 0 Å². The highest BCUT2D eigenvalue weighted by molar-refractivity contribution is 5.92. The van der Waals surface area contributed by atoms with Crippen LogP contribution in [0.4, 0.5) is 4.39 Å². The van der Waals surface area contributed by atoms with Crippen LogP contribution in [0.5, 0.6) is 0 Å². The maximum atomic E-state index is 13.9. The smallest absolute Gasteiger partial charge is 0.167 e. The van der Waals surface area contributed by atoms with Crippen LogP contribution < -0.4 is 5.73 Å². The number of fused-ring (bicyclic) bond motifs is 1. The molecule has 2 N–H and O–H groups in total. The number of hydrogen-bond donors (Lipinski definition) is 1. The topological polar surface area (TPSA) is 64.9 Å². The average molecular weight is 333 g/mol. The minimum atomic E-state index is -0.406. The highest BCUT2D eigenvalue weighted by Crippen LogP contribution is 2.33. The van der Waals surface area contributed by atoms with Crippen LogP contribution in [0.1, 0.15) is 17.3 Å². The summed E-state index contributed by atoms with van der Waals surface area (Å²) in [5.41, 5.74) is 9.96. The molecule has 0 bridgehead atoms. The molecule has 0 amide bonds. The van der Waals surface area contributed by atoms with Gasteiger partial charge in [0.2, 0.25) is 0 Å². The Balaban J connectivity index is 1.75. The standard InChI is InChI=1S/C20H16FN3O/c21-16-9-5-11-23-18(16)12-17(22)13-6-1-2-7-14(13)20-15-8-3-4-10-19(15)25-24-20/h1-11,17H,12,22H2. The number of rotatable bonds is 4. The maximum absolute atomic E-state index is 13.9. The molecule has 2 heterocycles. The van der Waals surface area contributed by atoms with E-state index in [1.165, 1.54) is 6.07 Å². The second-order valence-corrected chi connectivity index (χ2v) is 5.86. The van der Waals surface area contributed by atoms with Gasteiger partial charge in [-0.2, -0.15) is 0 Å². The van der Waals surface area contributed by atoms with Gasteiger partial charge in [0.05, 0.1) is 5.69 Å². The van der Waals surface area contributed by atoms with Crippen LogP contribution >= 0.6 is 0 Å². The first-order valence-electron chi connectivity index (χ1n) is 8.02. The van der Waals surface area contributed by atoms with Gasteiger partial charge in [0.1, 0.15) is 11.5 Å². The van der Waals surface area contributed by atoms with Gasteiger partial charge in [-0.05, 0) is 29.8 Å². The van der Waals surface area contributed by atoms with E-state index in [2.05, 4.69) is 10.1 Å². The number of benzene rings is 2. The van der Waals surface area contributed by atoms with E-state index >= 15 is 0 Å². The fourth-order valence-corrected chi connectivity index (χ4v) is 3.00. The molecule has 4 aromatic rings. The third-order valence-electron chi connectivity index (χ3n) is 4.24. The molecule has 25 heavy (non-hydrogen) atoms. The average Bonchev–Trinajstić information content (AvgIpc) is 3.07. The number of para-hydroxylation sites is 1.